The fourth-order valence-electron chi connectivity index (χ4n) is 3.45. The number of piperazine rings is 1. The number of nitrogens with zero attached hydrogens (tertiary/aromatic N) is 7. The Morgan fingerprint density at radius 2 is 1.86 bits per heavy atom. The van der Waals surface area contributed by atoms with Crippen LogP contribution in [0.25, 0.3) is 5.65 Å². The van der Waals surface area contributed by atoms with Crippen LogP contribution >= 0.6 is 0 Å². The summed E-state index contributed by atoms with van der Waals surface area (Å²) in [4.78, 5) is 4.29. The third-order valence-corrected chi connectivity index (χ3v) is 4.92. The minimum Gasteiger partial charge on any atom is -0.353 e. The third kappa shape index (κ3) is 3.53. The van der Waals surface area contributed by atoms with Gasteiger partial charge >= 0.3 is 6.18 Å². The lowest BCUT2D eigenvalue weighted by Gasteiger charge is -2.35. The first-order valence-corrected chi connectivity index (χ1v) is 9.12. The van der Waals surface area contributed by atoms with Crippen molar-refractivity contribution in [1.29, 1.82) is 0 Å². The maximum absolute atomic E-state index is 13.1. The van der Waals surface area contributed by atoms with Gasteiger partial charge in [-0.15, -0.1) is 15.3 Å². The Kier molecular flexibility index (Phi) is 4.69. The van der Waals surface area contributed by atoms with Gasteiger partial charge in [0.15, 0.2) is 5.65 Å². The molecule has 0 aromatic carbocycles. The Balaban J connectivity index is 1.46. The van der Waals surface area contributed by atoms with Crippen LogP contribution in [0, 0.1) is 0 Å². The number of H-pyrrole nitrogens is 1. The van der Waals surface area contributed by atoms with Gasteiger partial charge in [-0.05, 0) is 18.1 Å². The summed E-state index contributed by atoms with van der Waals surface area (Å²) in [5.74, 6) is -0.242. The molecule has 3 aromatic rings. The number of anilines is 1. The van der Waals surface area contributed by atoms with Gasteiger partial charge in [0.2, 0.25) is 0 Å². The van der Waals surface area contributed by atoms with Crippen molar-refractivity contribution in [2.45, 2.75) is 32.5 Å². The molecule has 1 aliphatic rings. The first-order valence-electron chi connectivity index (χ1n) is 9.12. The van der Waals surface area contributed by atoms with Gasteiger partial charge in [-0.3, -0.25) is 10.00 Å². The summed E-state index contributed by atoms with van der Waals surface area (Å²) >= 11 is 0. The van der Waals surface area contributed by atoms with Crippen molar-refractivity contribution >= 4 is 11.5 Å². The second-order valence-corrected chi connectivity index (χ2v) is 7.21. The summed E-state index contributed by atoms with van der Waals surface area (Å²) in [5.41, 5.74) is 2.40. The average Bonchev–Trinajstić information content (AvgIpc) is 3.28. The van der Waals surface area contributed by atoms with E-state index in [9.17, 15) is 13.2 Å². The highest BCUT2D eigenvalue weighted by atomic mass is 19.4. The number of hydrogen-bond donors (Lipinski definition) is 1. The molecule has 0 aliphatic carbocycles. The Bertz CT molecular complexity index is 953. The lowest BCUT2D eigenvalue weighted by atomic mass is 10.1. The van der Waals surface area contributed by atoms with Crippen LogP contribution < -0.4 is 4.90 Å². The monoisotopic (exact) mass is 394 g/mol. The molecule has 8 nitrogen and oxygen atoms in total. The summed E-state index contributed by atoms with van der Waals surface area (Å²) < 4.78 is 39.9. The van der Waals surface area contributed by atoms with Crippen LogP contribution in [0.15, 0.2) is 18.3 Å². The van der Waals surface area contributed by atoms with Gasteiger partial charge in [0.05, 0.1) is 6.20 Å². The van der Waals surface area contributed by atoms with E-state index in [4.69, 9.17) is 0 Å². The van der Waals surface area contributed by atoms with Crippen molar-refractivity contribution in [3.63, 3.8) is 0 Å². The smallest absolute Gasteiger partial charge is 0.353 e. The van der Waals surface area contributed by atoms with Gasteiger partial charge in [-0.2, -0.15) is 22.8 Å². The molecular formula is C17H21F3N8. The molecule has 4 rings (SSSR count). The molecule has 0 atom stereocenters. The Morgan fingerprint density at radius 3 is 2.54 bits per heavy atom. The Labute approximate surface area is 159 Å². The molecule has 0 unspecified atom stereocenters. The maximum atomic E-state index is 13.1. The van der Waals surface area contributed by atoms with Crippen molar-refractivity contribution in [1.82, 2.24) is 34.9 Å². The molecule has 11 heteroatoms. The molecule has 3 aromatic heterocycles. The summed E-state index contributed by atoms with van der Waals surface area (Å²) in [6.45, 7) is 7.98. The van der Waals surface area contributed by atoms with E-state index in [0.29, 0.717) is 24.8 Å². The molecule has 0 radical (unpaired) electrons. The van der Waals surface area contributed by atoms with E-state index in [2.05, 4.69) is 44.2 Å². The fraction of sp³-hybridized carbons (Fsp3) is 0.529. The predicted octanol–water partition coefficient (Wildman–Crippen LogP) is 2.31. The van der Waals surface area contributed by atoms with Crippen molar-refractivity contribution in [2.75, 3.05) is 31.1 Å². The van der Waals surface area contributed by atoms with Crippen LogP contribution in [-0.2, 0) is 12.7 Å². The van der Waals surface area contributed by atoms with Crippen LogP contribution in [0.4, 0.5) is 19.0 Å². The van der Waals surface area contributed by atoms with Gasteiger partial charge in [0.1, 0.15) is 5.82 Å². The van der Waals surface area contributed by atoms with E-state index in [1.54, 1.807) is 6.07 Å². The number of halogens is 3. The van der Waals surface area contributed by atoms with Crippen molar-refractivity contribution < 1.29 is 13.2 Å². The van der Waals surface area contributed by atoms with Crippen LogP contribution in [0.5, 0.6) is 0 Å². The molecule has 4 heterocycles. The standard InChI is InChI=1S/C17H21F3N8/c1-11(2)15-12(9-21-23-15)10-26-5-7-27(8-6-26)14-4-3-13-22-24-16(17(18,19)20)28(13)25-14/h3-4,9,11H,5-8,10H2,1-2H3,(H,21,23). The average molecular weight is 394 g/mol. The van der Waals surface area contributed by atoms with Gasteiger partial charge in [-0.25, -0.2) is 0 Å². The number of aromatic nitrogens is 6. The first kappa shape index (κ1) is 18.7. The van der Waals surface area contributed by atoms with Gasteiger partial charge in [0.25, 0.3) is 5.82 Å². The number of aromatic amines is 1. The second-order valence-electron chi connectivity index (χ2n) is 7.21. The number of hydrogen-bond acceptors (Lipinski definition) is 6. The second kappa shape index (κ2) is 7.04. The van der Waals surface area contributed by atoms with Crippen LogP contribution in [-0.4, -0.2) is 61.1 Å². The molecule has 1 fully saturated rings. The van der Waals surface area contributed by atoms with Crippen LogP contribution in [0.3, 0.4) is 0 Å². The van der Waals surface area contributed by atoms with Crippen molar-refractivity contribution in [3.05, 3.63) is 35.4 Å². The number of alkyl halides is 3. The lowest BCUT2D eigenvalue weighted by molar-refractivity contribution is -0.146. The van der Waals surface area contributed by atoms with E-state index in [-0.39, 0.29) is 5.65 Å². The summed E-state index contributed by atoms with van der Waals surface area (Å²) in [7, 11) is 0. The predicted molar refractivity (Wildman–Crippen MR) is 96.0 cm³/mol. The van der Waals surface area contributed by atoms with Gasteiger partial charge < -0.3 is 4.90 Å². The molecule has 1 aliphatic heterocycles. The molecule has 150 valence electrons. The number of nitrogens with one attached hydrogen (secondary N) is 1. The molecule has 0 spiro atoms. The Hall–Kier alpha value is -2.69. The highest BCUT2D eigenvalue weighted by Crippen LogP contribution is 2.28. The van der Waals surface area contributed by atoms with E-state index in [1.165, 1.54) is 11.6 Å². The minimum atomic E-state index is -4.59. The quantitative estimate of drug-likeness (QED) is 0.732. The van der Waals surface area contributed by atoms with Gasteiger partial charge in [0, 0.05) is 44.0 Å². The fourth-order valence-corrected chi connectivity index (χ4v) is 3.45. The highest BCUT2D eigenvalue weighted by Gasteiger charge is 2.37. The SMILES string of the molecule is CC(C)c1[nH]ncc1CN1CCN(c2ccc3nnc(C(F)(F)F)n3n2)CC1. The summed E-state index contributed by atoms with van der Waals surface area (Å²) in [5, 5.41) is 18.1. The zero-order valence-corrected chi connectivity index (χ0v) is 15.6. The molecule has 1 N–H and O–H groups in total. The zero-order valence-electron chi connectivity index (χ0n) is 15.6. The number of fused-ring (bicyclic) bond motifs is 1. The zero-order chi connectivity index (χ0) is 19.9. The van der Waals surface area contributed by atoms with Crippen LogP contribution in [0.1, 0.15) is 36.8 Å². The largest absolute Gasteiger partial charge is 0.453 e. The maximum Gasteiger partial charge on any atom is 0.453 e. The lowest BCUT2D eigenvalue weighted by Crippen LogP contribution is -2.46. The molecule has 0 bridgehead atoms. The van der Waals surface area contributed by atoms with E-state index >= 15 is 0 Å². The van der Waals surface area contributed by atoms with Crippen LogP contribution in [0.2, 0.25) is 0 Å². The highest BCUT2D eigenvalue weighted by molar-refractivity contribution is 5.46. The molecule has 0 saturated carbocycles. The minimum absolute atomic E-state index is 0.0795. The van der Waals surface area contributed by atoms with E-state index < -0.39 is 12.0 Å². The van der Waals surface area contributed by atoms with Crippen molar-refractivity contribution in [3.8, 4) is 0 Å². The van der Waals surface area contributed by atoms with E-state index in [1.807, 2.05) is 11.1 Å². The number of rotatable bonds is 4. The third-order valence-electron chi connectivity index (χ3n) is 4.92. The molecular weight excluding hydrogens is 373 g/mol. The van der Waals surface area contributed by atoms with E-state index in [0.717, 1.165) is 29.8 Å². The van der Waals surface area contributed by atoms with Crippen molar-refractivity contribution in [2.24, 2.45) is 0 Å². The Morgan fingerprint density at radius 1 is 1.11 bits per heavy atom. The summed E-state index contributed by atoms with van der Waals surface area (Å²) in [6.07, 6.45) is -2.73. The molecule has 0 amide bonds. The molecule has 1 saturated heterocycles. The van der Waals surface area contributed by atoms with Gasteiger partial charge in [-0.1, -0.05) is 13.8 Å². The normalized spacial score (nSPS) is 16.4. The topological polar surface area (TPSA) is 78.2 Å². The summed E-state index contributed by atoms with van der Waals surface area (Å²) in [6, 6.07) is 3.20. The molecule has 28 heavy (non-hydrogen) atoms. The first-order chi connectivity index (χ1) is 13.3.